The largest absolute Gasteiger partial charge is 0.282 e. The maximum Gasteiger partial charge on any atom is 0.266 e. The van der Waals surface area contributed by atoms with Gasteiger partial charge in [-0.1, -0.05) is 35.9 Å². The minimum atomic E-state index is -0.259. The molecule has 0 fully saturated rings. The Kier molecular flexibility index (Phi) is 4.12. The highest BCUT2D eigenvalue weighted by Gasteiger charge is 2.17. The predicted molar refractivity (Wildman–Crippen MR) is 116 cm³/mol. The van der Waals surface area contributed by atoms with Crippen molar-refractivity contribution in [1.29, 1.82) is 5.26 Å². The van der Waals surface area contributed by atoms with Gasteiger partial charge in [0, 0.05) is 23.0 Å². The number of aryl methyl sites for hydroxylation is 1. The molecule has 144 valence electrons. The van der Waals surface area contributed by atoms with Crippen molar-refractivity contribution in [3.8, 4) is 22.9 Å². The maximum atomic E-state index is 13.2. The smallest absolute Gasteiger partial charge is 0.266 e. The van der Waals surface area contributed by atoms with Crippen LogP contribution >= 0.6 is 11.6 Å². The molecule has 0 radical (unpaired) electrons. The number of rotatable bonds is 2. The molecule has 0 aliphatic heterocycles. The minimum absolute atomic E-state index is 0.259. The molecule has 0 bridgehead atoms. The van der Waals surface area contributed by atoms with Crippen molar-refractivity contribution in [2.24, 2.45) is 0 Å². The van der Waals surface area contributed by atoms with E-state index in [4.69, 9.17) is 11.6 Å². The molecule has 5 rings (SSSR count). The Hall–Kier alpha value is -3.95. The number of nitriles is 1. The lowest BCUT2D eigenvalue weighted by atomic mass is 10.1. The van der Waals surface area contributed by atoms with Crippen LogP contribution in [-0.4, -0.2) is 19.2 Å². The summed E-state index contributed by atoms with van der Waals surface area (Å²) in [6, 6.07) is 18.4. The highest BCUT2D eigenvalue weighted by molar-refractivity contribution is 6.30. The lowest BCUT2D eigenvalue weighted by Crippen LogP contribution is -2.19. The zero-order chi connectivity index (χ0) is 20.8. The van der Waals surface area contributed by atoms with Crippen molar-refractivity contribution < 1.29 is 0 Å². The number of pyridine rings is 1. The summed E-state index contributed by atoms with van der Waals surface area (Å²) in [5.41, 5.74) is 4.67. The molecule has 0 unspecified atom stereocenters. The van der Waals surface area contributed by atoms with E-state index in [1.54, 1.807) is 41.2 Å². The molecule has 0 aliphatic carbocycles. The third-order valence-electron chi connectivity index (χ3n) is 5.10. The average molecular weight is 412 g/mol. The Morgan fingerprint density at radius 2 is 1.83 bits per heavy atom. The van der Waals surface area contributed by atoms with Crippen molar-refractivity contribution in [2.45, 2.75) is 6.92 Å². The minimum Gasteiger partial charge on any atom is -0.282 e. The van der Waals surface area contributed by atoms with E-state index >= 15 is 0 Å². The zero-order valence-corrected chi connectivity index (χ0v) is 16.6. The first-order chi connectivity index (χ1) is 14.6. The summed E-state index contributed by atoms with van der Waals surface area (Å²) in [7, 11) is 0. The summed E-state index contributed by atoms with van der Waals surface area (Å²) in [4.78, 5) is 17.8. The van der Waals surface area contributed by atoms with E-state index in [9.17, 15) is 10.1 Å². The standard InChI is InChI=1S/C23H14ClN5O/c1-14-21(15-6-8-17(24)9-7-15)22-26-13-18-20(29(22)27-14)10-11-28(23(18)30)19-5-3-2-4-16(19)12-25/h2-11,13H,1H3. The first-order valence-electron chi connectivity index (χ1n) is 9.23. The van der Waals surface area contributed by atoms with E-state index in [1.165, 1.54) is 4.57 Å². The fourth-order valence-electron chi connectivity index (χ4n) is 3.70. The molecular weight excluding hydrogens is 398 g/mol. The van der Waals surface area contributed by atoms with Gasteiger partial charge in [0.05, 0.1) is 27.8 Å². The van der Waals surface area contributed by atoms with Crippen LogP contribution in [0.3, 0.4) is 0 Å². The Morgan fingerprint density at radius 1 is 1.07 bits per heavy atom. The molecule has 0 aliphatic rings. The van der Waals surface area contributed by atoms with E-state index in [2.05, 4.69) is 16.2 Å². The van der Waals surface area contributed by atoms with Crippen LogP contribution in [0.4, 0.5) is 0 Å². The molecule has 7 heteroatoms. The van der Waals surface area contributed by atoms with E-state index in [1.807, 2.05) is 37.3 Å². The highest BCUT2D eigenvalue weighted by Crippen LogP contribution is 2.29. The van der Waals surface area contributed by atoms with Crippen LogP contribution in [0.1, 0.15) is 11.3 Å². The van der Waals surface area contributed by atoms with Crippen molar-refractivity contribution >= 4 is 28.2 Å². The van der Waals surface area contributed by atoms with Crippen LogP contribution < -0.4 is 5.56 Å². The summed E-state index contributed by atoms with van der Waals surface area (Å²) < 4.78 is 3.15. The number of fused-ring (bicyclic) bond motifs is 3. The third-order valence-corrected chi connectivity index (χ3v) is 5.36. The van der Waals surface area contributed by atoms with Gasteiger partial charge < -0.3 is 0 Å². The molecule has 30 heavy (non-hydrogen) atoms. The predicted octanol–water partition coefficient (Wildman–Crippen LogP) is 4.53. The number of aromatic nitrogens is 4. The molecule has 6 nitrogen and oxygen atoms in total. The van der Waals surface area contributed by atoms with E-state index in [0.717, 1.165) is 16.8 Å². The Balaban J connectivity index is 1.78. The van der Waals surface area contributed by atoms with Crippen molar-refractivity contribution in [3.05, 3.63) is 93.6 Å². The van der Waals surface area contributed by atoms with Gasteiger partial charge in [-0.2, -0.15) is 10.4 Å². The second-order valence-corrected chi connectivity index (χ2v) is 7.32. The molecule has 2 aromatic carbocycles. The van der Waals surface area contributed by atoms with Crippen molar-refractivity contribution in [3.63, 3.8) is 0 Å². The maximum absolute atomic E-state index is 13.2. The van der Waals surface area contributed by atoms with Crippen LogP contribution in [0.25, 0.3) is 33.4 Å². The number of nitrogens with zero attached hydrogens (tertiary/aromatic N) is 5. The lowest BCUT2D eigenvalue weighted by Gasteiger charge is -2.09. The van der Waals surface area contributed by atoms with E-state index in [-0.39, 0.29) is 5.56 Å². The first kappa shape index (κ1) is 18.1. The summed E-state index contributed by atoms with van der Waals surface area (Å²) in [5, 5.41) is 15.1. The van der Waals surface area contributed by atoms with Gasteiger partial charge in [-0.15, -0.1) is 0 Å². The summed E-state index contributed by atoms with van der Waals surface area (Å²) >= 11 is 6.02. The van der Waals surface area contributed by atoms with Gasteiger partial charge in [0.2, 0.25) is 0 Å². The molecule has 5 aromatic rings. The molecule has 0 N–H and O–H groups in total. The van der Waals surface area contributed by atoms with Gasteiger partial charge in [-0.05, 0) is 42.8 Å². The normalized spacial score (nSPS) is 11.1. The number of hydrogen-bond acceptors (Lipinski definition) is 4. The number of hydrogen-bond donors (Lipinski definition) is 0. The fraction of sp³-hybridized carbons (Fsp3) is 0.0435. The Morgan fingerprint density at radius 3 is 2.60 bits per heavy atom. The van der Waals surface area contributed by atoms with Crippen LogP contribution in [0.15, 0.2) is 71.8 Å². The molecule has 3 heterocycles. The van der Waals surface area contributed by atoms with Crippen molar-refractivity contribution in [2.75, 3.05) is 0 Å². The van der Waals surface area contributed by atoms with Gasteiger partial charge in [-0.25, -0.2) is 9.50 Å². The monoisotopic (exact) mass is 411 g/mol. The van der Waals surface area contributed by atoms with Crippen LogP contribution in [0.5, 0.6) is 0 Å². The van der Waals surface area contributed by atoms with Crippen molar-refractivity contribution in [1.82, 2.24) is 19.2 Å². The number of benzene rings is 2. The number of halogens is 1. The van der Waals surface area contributed by atoms with Crippen LogP contribution in [0.2, 0.25) is 5.02 Å². The second-order valence-electron chi connectivity index (χ2n) is 6.88. The molecule has 0 spiro atoms. The summed E-state index contributed by atoms with van der Waals surface area (Å²) in [6.45, 7) is 1.91. The summed E-state index contributed by atoms with van der Waals surface area (Å²) in [5.74, 6) is 0. The molecule has 0 atom stereocenters. The fourth-order valence-corrected chi connectivity index (χ4v) is 3.82. The van der Waals surface area contributed by atoms with Gasteiger partial charge in [0.1, 0.15) is 6.07 Å². The molecule has 3 aromatic heterocycles. The van der Waals surface area contributed by atoms with Gasteiger partial charge >= 0.3 is 0 Å². The average Bonchev–Trinajstić information content (AvgIpc) is 3.11. The molecule has 0 amide bonds. The van der Waals surface area contributed by atoms with E-state index in [0.29, 0.717) is 32.8 Å². The molecule has 0 saturated carbocycles. The van der Waals surface area contributed by atoms with Gasteiger partial charge in [0.15, 0.2) is 5.65 Å². The van der Waals surface area contributed by atoms with Crippen LogP contribution in [-0.2, 0) is 0 Å². The molecular formula is C23H14ClN5O. The van der Waals surface area contributed by atoms with E-state index < -0.39 is 0 Å². The highest BCUT2D eigenvalue weighted by atomic mass is 35.5. The third kappa shape index (κ3) is 2.68. The zero-order valence-electron chi connectivity index (χ0n) is 15.9. The van der Waals surface area contributed by atoms with Gasteiger partial charge in [-0.3, -0.25) is 9.36 Å². The summed E-state index contributed by atoms with van der Waals surface area (Å²) in [6.07, 6.45) is 3.23. The Bertz CT molecular complexity index is 1540. The topological polar surface area (TPSA) is 76.0 Å². The molecule has 0 saturated heterocycles. The quantitative estimate of drug-likeness (QED) is 0.427. The lowest BCUT2D eigenvalue weighted by molar-refractivity contribution is 0.939. The Labute approximate surface area is 176 Å². The van der Waals surface area contributed by atoms with Gasteiger partial charge in [0.25, 0.3) is 5.56 Å². The SMILES string of the molecule is Cc1nn2c(ncc3c(=O)n(-c4ccccc4C#N)ccc32)c1-c1ccc(Cl)cc1. The number of para-hydroxylation sites is 1. The first-order valence-corrected chi connectivity index (χ1v) is 9.61. The van der Waals surface area contributed by atoms with Crippen LogP contribution in [0, 0.1) is 18.3 Å². The second kappa shape index (κ2) is 6.83.